The second-order valence-electron chi connectivity index (χ2n) is 10.8. The van der Waals surface area contributed by atoms with Crippen LogP contribution in [0.4, 0.5) is 17.1 Å². The van der Waals surface area contributed by atoms with Gasteiger partial charge in [-0.1, -0.05) is 149 Å². The van der Waals surface area contributed by atoms with Crippen LogP contribution in [0, 0.1) is 0 Å². The van der Waals surface area contributed by atoms with E-state index in [1.165, 1.54) is 65.5 Å². The summed E-state index contributed by atoms with van der Waals surface area (Å²) >= 11 is 1.89. The third kappa shape index (κ3) is 2.75. The molecule has 3 heteroatoms. The molecule has 0 amide bonds. The number of hydrogen-bond acceptors (Lipinski definition) is 2. The predicted octanol–water partition coefficient (Wildman–Crippen LogP) is 7.15. The summed E-state index contributed by atoms with van der Waals surface area (Å²) in [5.41, 5.74) is 13.0. The molecular weight excluding hydrogens is 501 g/mol. The van der Waals surface area contributed by atoms with Gasteiger partial charge in [-0.15, -0.1) is 0 Å². The lowest BCUT2D eigenvalue weighted by Crippen LogP contribution is -2.62. The van der Waals surface area contributed by atoms with E-state index in [2.05, 4.69) is 150 Å². The van der Waals surface area contributed by atoms with E-state index in [-0.39, 0.29) is 6.71 Å². The fraction of sp³-hybridized carbons (Fsp3) is 0.0270. The van der Waals surface area contributed by atoms with Gasteiger partial charge in [0.25, 0.3) is 0 Å². The van der Waals surface area contributed by atoms with Crippen LogP contribution in [0.15, 0.2) is 155 Å². The highest BCUT2D eigenvalue weighted by Gasteiger charge is 2.53. The Kier molecular flexibility index (Phi) is 4.62. The van der Waals surface area contributed by atoms with E-state index in [9.17, 15) is 0 Å². The summed E-state index contributed by atoms with van der Waals surface area (Å²) in [5.74, 6) is 0. The number of benzene rings is 6. The molecule has 0 unspecified atom stereocenters. The van der Waals surface area contributed by atoms with Gasteiger partial charge in [0.05, 0.1) is 22.5 Å². The number of anilines is 3. The second-order valence-corrected chi connectivity index (χ2v) is 11.9. The van der Waals surface area contributed by atoms with E-state index in [0.717, 1.165) is 0 Å². The molecule has 186 valence electrons. The van der Waals surface area contributed by atoms with E-state index in [1.54, 1.807) is 0 Å². The Balaban J connectivity index is 1.46. The molecule has 0 radical (unpaired) electrons. The number of nitrogens with zero attached hydrogens (tertiary/aromatic N) is 1. The summed E-state index contributed by atoms with van der Waals surface area (Å²) in [6.45, 7) is 0.180. The molecule has 3 aliphatic rings. The third-order valence-electron chi connectivity index (χ3n) is 8.99. The molecule has 1 spiro atoms. The van der Waals surface area contributed by atoms with E-state index in [0.29, 0.717) is 0 Å². The molecule has 0 fully saturated rings. The normalized spacial score (nSPS) is 15.0. The van der Waals surface area contributed by atoms with Crippen LogP contribution in [0.5, 0.6) is 0 Å². The van der Waals surface area contributed by atoms with Crippen LogP contribution >= 0.6 is 11.8 Å². The average Bonchev–Trinajstić information content (AvgIpc) is 3.03. The van der Waals surface area contributed by atoms with Crippen LogP contribution in [0.25, 0.3) is 0 Å². The molecule has 0 aromatic heterocycles. The van der Waals surface area contributed by atoms with Crippen molar-refractivity contribution >= 4 is 51.9 Å². The number of fused-ring (bicyclic) bond motifs is 10. The quantitative estimate of drug-likeness (QED) is 0.210. The van der Waals surface area contributed by atoms with Crippen molar-refractivity contribution in [3.05, 3.63) is 168 Å². The first-order chi connectivity index (χ1) is 19.9. The first kappa shape index (κ1) is 22.4. The molecule has 6 aromatic rings. The molecule has 0 aliphatic carbocycles. The lowest BCUT2D eigenvalue weighted by molar-refractivity contribution is 0.731. The van der Waals surface area contributed by atoms with Crippen LogP contribution in [0.1, 0.15) is 22.3 Å². The molecule has 3 heterocycles. The van der Waals surface area contributed by atoms with Gasteiger partial charge >= 0.3 is 0 Å². The van der Waals surface area contributed by atoms with Crippen molar-refractivity contribution in [3.63, 3.8) is 0 Å². The summed E-state index contributed by atoms with van der Waals surface area (Å²) in [4.78, 5) is 5.13. The summed E-state index contributed by atoms with van der Waals surface area (Å²) in [6, 6.07) is 54.2. The minimum absolute atomic E-state index is 0.180. The van der Waals surface area contributed by atoms with Gasteiger partial charge in [-0.3, -0.25) is 0 Å². The minimum atomic E-state index is -0.427. The highest BCUT2D eigenvalue weighted by molar-refractivity contribution is 7.99. The Morgan fingerprint density at radius 3 is 1.75 bits per heavy atom. The van der Waals surface area contributed by atoms with Crippen molar-refractivity contribution in [1.29, 1.82) is 0 Å². The number of rotatable bonds is 1. The zero-order chi connectivity index (χ0) is 26.3. The summed E-state index contributed by atoms with van der Waals surface area (Å²) in [6.07, 6.45) is 0. The van der Waals surface area contributed by atoms with Gasteiger partial charge < -0.3 is 4.90 Å². The third-order valence-corrected chi connectivity index (χ3v) is 10.1. The maximum Gasteiger partial charge on any atom is 0.242 e. The molecule has 40 heavy (non-hydrogen) atoms. The fourth-order valence-corrected chi connectivity index (χ4v) is 8.66. The van der Waals surface area contributed by atoms with E-state index in [1.807, 2.05) is 11.8 Å². The van der Waals surface area contributed by atoms with Crippen molar-refractivity contribution < 1.29 is 0 Å². The Bertz CT molecular complexity index is 1900. The van der Waals surface area contributed by atoms with Gasteiger partial charge in [-0.25, -0.2) is 0 Å². The van der Waals surface area contributed by atoms with Gasteiger partial charge in [0.2, 0.25) is 6.71 Å². The summed E-state index contributed by atoms with van der Waals surface area (Å²) < 4.78 is 0. The van der Waals surface area contributed by atoms with E-state index >= 15 is 0 Å². The maximum atomic E-state index is 2.52. The molecule has 0 atom stereocenters. The van der Waals surface area contributed by atoms with Crippen molar-refractivity contribution in [2.45, 2.75) is 15.2 Å². The molecule has 1 nitrogen and oxygen atoms in total. The Hall–Kier alpha value is -4.47. The van der Waals surface area contributed by atoms with Crippen LogP contribution < -0.4 is 21.3 Å². The molecule has 6 aromatic carbocycles. The monoisotopic (exact) mass is 525 g/mol. The predicted molar refractivity (Wildman–Crippen MR) is 168 cm³/mol. The topological polar surface area (TPSA) is 3.24 Å². The fourth-order valence-electron chi connectivity index (χ4n) is 7.56. The standard InChI is InChI=1S/C37H24BNS/c1-2-13-25(14-3-1)38-30-19-7-4-15-26(30)37(27-16-5-8-20-31(27)38)28-17-6-9-21-32(28)39-33-22-10-11-23-34(33)40-35-24-12-18-29(37)36(35)39/h1-24H. The van der Waals surface area contributed by atoms with Gasteiger partial charge in [0.1, 0.15) is 0 Å². The first-order valence-corrected chi connectivity index (χ1v) is 14.7. The van der Waals surface area contributed by atoms with Crippen molar-refractivity contribution in [2.75, 3.05) is 4.90 Å². The Morgan fingerprint density at radius 2 is 1.00 bits per heavy atom. The van der Waals surface area contributed by atoms with Crippen LogP contribution in [-0.2, 0) is 5.41 Å². The molecule has 0 saturated carbocycles. The van der Waals surface area contributed by atoms with E-state index in [4.69, 9.17) is 0 Å². The highest BCUT2D eigenvalue weighted by atomic mass is 32.2. The lowest BCUT2D eigenvalue weighted by Gasteiger charge is -2.51. The molecule has 0 bridgehead atoms. The second kappa shape index (κ2) is 8.27. The van der Waals surface area contributed by atoms with Crippen molar-refractivity contribution in [1.82, 2.24) is 0 Å². The Morgan fingerprint density at radius 1 is 0.450 bits per heavy atom. The molecule has 0 N–H and O–H groups in total. The van der Waals surface area contributed by atoms with Gasteiger partial charge in [-0.2, -0.15) is 0 Å². The van der Waals surface area contributed by atoms with Gasteiger partial charge in [-0.05, 0) is 46.5 Å². The zero-order valence-electron chi connectivity index (χ0n) is 21.8. The molecule has 0 saturated heterocycles. The zero-order valence-corrected chi connectivity index (χ0v) is 22.6. The van der Waals surface area contributed by atoms with Crippen LogP contribution in [-0.4, -0.2) is 6.71 Å². The van der Waals surface area contributed by atoms with Crippen molar-refractivity contribution in [2.24, 2.45) is 0 Å². The minimum Gasteiger partial charge on any atom is -0.308 e. The van der Waals surface area contributed by atoms with Gasteiger partial charge in [0.15, 0.2) is 0 Å². The smallest absolute Gasteiger partial charge is 0.242 e. The molecular formula is C37H24BNS. The van der Waals surface area contributed by atoms with Crippen LogP contribution in [0.2, 0.25) is 0 Å². The summed E-state index contributed by atoms with van der Waals surface area (Å²) in [5, 5.41) is 0. The van der Waals surface area contributed by atoms with E-state index < -0.39 is 5.41 Å². The van der Waals surface area contributed by atoms with Crippen molar-refractivity contribution in [3.8, 4) is 0 Å². The lowest BCUT2D eigenvalue weighted by atomic mass is 9.30. The maximum absolute atomic E-state index is 2.52. The summed E-state index contributed by atoms with van der Waals surface area (Å²) in [7, 11) is 0. The SMILES string of the molecule is c1ccc(B2c3ccccc3C3(c4ccccc42)c2ccccc2N2c4ccccc4Sc4cccc3c42)cc1. The number of hydrogen-bond donors (Lipinski definition) is 0. The van der Waals surface area contributed by atoms with Crippen LogP contribution in [0.3, 0.4) is 0 Å². The Labute approximate surface area is 239 Å². The molecule has 9 rings (SSSR count). The average molecular weight is 525 g/mol. The largest absolute Gasteiger partial charge is 0.308 e. The van der Waals surface area contributed by atoms with Gasteiger partial charge in [0, 0.05) is 9.79 Å². The first-order valence-electron chi connectivity index (χ1n) is 13.9. The molecule has 3 aliphatic heterocycles. The number of para-hydroxylation sites is 3. The highest BCUT2D eigenvalue weighted by Crippen LogP contribution is 2.63.